The number of fused-ring (bicyclic) bond motifs is 1. The Morgan fingerprint density at radius 1 is 1.05 bits per heavy atom. The minimum atomic E-state index is -1.15. The number of carbonyl (C=O) groups is 3. The van der Waals surface area contributed by atoms with Gasteiger partial charge in [-0.15, -0.1) is 0 Å². The van der Waals surface area contributed by atoms with Gasteiger partial charge in [-0.05, 0) is 61.6 Å². The van der Waals surface area contributed by atoms with Gasteiger partial charge in [0, 0.05) is 24.7 Å². The number of ketones is 1. The quantitative estimate of drug-likeness (QED) is 0.343. The Kier molecular flexibility index (Phi) is 9.27. The van der Waals surface area contributed by atoms with Crippen LogP contribution < -0.4 is 14.8 Å². The van der Waals surface area contributed by atoms with Crippen LogP contribution in [-0.2, 0) is 13.0 Å². The monoisotopic (exact) mass is 509 g/mol. The molecule has 0 unspecified atom stereocenters. The van der Waals surface area contributed by atoms with E-state index in [4.69, 9.17) is 14.9 Å². The second-order valence-corrected chi connectivity index (χ2v) is 8.91. The molecule has 1 amide bonds. The number of amides is 1. The van der Waals surface area contributed by atoms with E-state index in [9.17, 15) is 19.5 Å². The zero-order chi connectivity index (χ0) is 27.1. The van der Waals surface area contributed by atoms with E-state index in [-0.39, 0.29) is 35.2 Å². The van der Waals surface area contributed by atoms with Crippen molar-refractivity contribution in [3.63, 3.8) is 0 Å². The number of hydrogen-bond donors (Lipinski definition) is 3. The Labute approximate surface area is 217 Å². The SMILES string of the molecule is CCCCc1cc(C(=O)CN2Cc3cc(OCC)c(C(=O)NC)cc3C2=N)cc(C(=O)O)c1OCCC. The summed E-state index contributed by atoms with van der Waals surface area (Å²) in [6.07, 6.45) is 3.08. The molecule has 0 radical (unpaired) electrons. The summed E-state index contributed by atoms with van der Waals surface area (Å²) in [5.74, 6) is -0.882. The third-order valence-corrected chi connectivity index (χ3v) is 6.21. The molecule has 0 bridgehead atoms. The van der Waals surface area contributed by atoms with Crippen LogP contribution in [0.1, 0.15) is 87.8 Å². The van der Waals surface area contributed by atoms with Gasteiger partial charge in [0.2, 0.25) is 0 Å². The zero-order valence-corrected chi connectivity index (χ0v) is 21.9. The van der Waals surface area contributed by atoms with Gasteiger partial charge in [-0.2, -0.15) is 0 Å². The predicted molar refractivity (Wildman–Crippen MR) is 140 cm³/mol. The molecule has 0 fully saturated rings. The van der Waals surface area contributed by atoms with Crippen LogP contribution in [0.5, 0.6) is 11.5 Å². The number of Topliss-reactive ketones (excluding diaryl/α,β-unsaturated/α-hetero) is 1. The van der Waals surface area contributed by atoms with Crippen molar-refractivity contribution < 1.29 is 29.0 Å². The third-order valence-electron chi connectivity index (χ3n) is 6.21. The normalized spacial score (nSPS) is 12.3. The lowest BCUT2D eigenvalue weighted by molar-refractivity contribution is 0.0691. The molecule has 0 saturated carbocycles. The fraction of sp³-hybridized carbons (Fsp3) is 0.429. The number of ether oxygens (including phenoxy) is 2. The molecule has 0 atom stereocenters. The number of aryl methyl sites for hydroxylation is 1. The Morgan fingerprint density at radius 3 is 2.43 bits per heavy atom. The van der Waals surface area contributed by atoms with Crippen LogP contribution in [0.3, 0.4) is 0 Å². The molecule has 0 aliphatic carbocycles. The number of carboxylic acids is 1. The van der Waals surface area contributed by atoms with Gasteiger partial charge in [-0.1, -0.05) is 20.3 Å². The summed E-state index contributed by atoms with van der Waals surface area (Å²) < 4.78 is 11.4. The molecule has 0 aromatic heterocycles. The largest absolute Gasteiger partial charge is 0.493 e. The molecule has 198 valence electrons. The number of nitrogens with zero attached hydrogens (tertiary/aromatic N) is 1. The first-order valence-electron chi connectivity index (χ1n) is 12.7. The summed E-state index contributed by atoms with van der Waals surface area (Å²) >= 11 is 0. The van der Waals surface area contributed by atoms with E-state index in [2.05, 4.69) is 5.32 Å². The summed E-state index contributed by atoms with van der Waals surface area (Å²) in [6.45, 7) is 6.79. The van der Waals surface area contributed by atoms with E-state index < -0.39 is 5.97 Å². The Morgan fingerprint density at radius 2 is 1.81 bits per heavy atom. The highest BCUT2D eigenvalue weighted by Gasteiger charge is 2.30. The Hall–Kier alpha value is -3.88. The second-order valence-electron chi connectivity index (χ2n) is 8.91. The molecule has 3 N–H and O–H groups in total. The number of benzene rings is 2. The summed E-state index contributed by atoms with van der Waals surface area (Å²) in [4.78, 5) is 39.4. The summed E-state index contributed by atoms with van der Waals surface area (Å²) in [5, 5.41) is 21.1. The Balaban J connectivity index is 1.91. The molecule has 1 aliphatic heterocycles. The lowest BCUT2D eigenvalue weighted by atomic mass is 9.97. The molecule has 9 heteroatoms. The maximum atomic E-state index is 13.4. The number of unbranched alkanes of at least 4 members (excludes halogenated alkanes) is 1. The number of carboxylic acid groups (broad SMARTS) is 1. The number of rotatable bonds is 13. The number of aromatic carboxylic acids is 1. The molecule has 2 aromatic rings. The average molecular weight is 510 g/mol. The number of carbonyl (C=O) groups excluding carboxylic acids is 2. The topological polar surface area (TPSA) is 129 Å². The summed E-state index contributed by atoms with van der Waals surface area (Å²) in [6, 6.07) is 6.46. The highest BCUT2D eigenvalue weighted by atomic mass is 16.5. The molecule has 3 rings (SSSR count). The minimum absolute atomic E-state index is 0.0261. The molecule has 2 aromatic carbocycles. The minimum Gasteiger partial charge on any atom is -0.493 e. The fourth-order valence-electron chi connectivity index (χ4n) is 4.35. The highest BCUT2D eigenvalue weighted by molar-refractivity contribution is 6.08. The molecule has 1 heterocycles. The number of amidine groups is 1. The zero-order valence-electron chi connectivity index (χ0n) is 21.9. The smallest absolute Gasteiger partial charge is 0.339 e. The van der Waals surface area contributed by atoms with E-state index in [0.29, 0.717) is 54.4 Å². The van der Waals surface area contributed by atoms with Crippen molar-refractivity contribution in [3.05, 3.63) is 57.6 Å². The van der Waals surface area contributed by atoms with Crippen molar-refractivity contribution >= 4 is 23.5 Å². The fourth-order valence-corrected chi connectivity index (χ4v) is 4.35. The van der Waals surface area contributed by atoms with Gasteiger partial charge in [0.15, 0.2) is 5.78 Å². The van der Waals surface area contributed by atoms with Crippen molar-refractivity contribution in [1.29, 1.82) is 5.41 Å². The van der Waals surface area contributed by atoms with Crippen LogP contribution in [0.2, 0.25) is 0 Å². The molecular weight excluding hydrogens is 474 g/mol. The van der Waals surface area contributed by atoms with E-state index in [0.717, 1.165) is 24.8 Å². The van der Waals surface area contributed by atoms with Crippen LogP contribution >= 0.6 is 0 Å². The van der Waals surface area contributed by atoms with Crippen LogP contribution in [0.15, 0.2) is 24.3 Å². The van der Waals surface area contributed by atoms with E-state index in [1.807, 2.05) is 20.8 Å². The number of hydrogen-bond acceptors (Lipinski definition) is 6. The maximum Gasteiger partial charge on any atom is 0.339 e. The molecular formula is C28H35N3O6. The molecule has 0 saturated heterocycles. The van der Waals surface area contributed by atoms with E-state index >= 15 is 0 Å². The van der Waals surface area contributed by atoms with E-state index in [1.165, 1.54) is 13.1 Å². The van der Waals surface area contributed by atoms with Crippen molar-refractivity contribution in [2.24, 2.45) is 0 Å². The van der Waals surface area contributed by atoms with Gasteiger partial charge in [0.25, 0.3) is 5.91 Å². The molecule has 9 nitrogen and oxygen atoms in total. The van der Waals surface area contributed by atoms with Crippen LogP contribution in [0, 0.1) is 5.41 Å². The standard InChI is InChI=1S/C28H35N3O6/c1-5-8-9-17-11-18(12-22(28(34)35)25(17)37-10-6-2)23(32)16-31-15-19-13-24(36-7-3)21(27(33)30-4)14-20(19)26(31)29/h11-14,29H,5-10,15-16H2,1-4H3,(H,30,33)(H,34,35). The predicted octanol–water partition coefficient (Wildman–Crippen LogP) is 4.30. The molecule has 0 spiro atoms. The van der Waals surface area contributed by atoms with Gasteiger partial charge < -0.3 is 24.8 Å². The third kappa shape index (κ3) is 6.10. The van der Waals surface area contributed by atoms with Gasteiger partial charge in [-0.3, -0.25) is 15.0 Å². The second kappa shape index (κ2) is 12.4. The molecule has 37 heavy (non-hydrogen) atoms. The van der Waals surface area contributed by atoms with Gasteiger partial charge in [-0.25, -0.2) is 4.79 Å². The summed E-state index contributed by atoms with van der Waals surface area (Å²) in [7, 11) is 1.53. The number of nitrogens with one attached hydrogen (secondary N) is 2. The summed E-state index contributed by atoms with van der Waals surface area (Å²) in [5.41, 5.74) is 2.63. The van der Waals surface area contributed by atoms with Crippen molar-refractivity contribution in [2.75, 3.05) is 26.8 Å². The average Bonchev–Trinajstić information content (AvgIpc) is 3.18. The van der Waals surface area contributed by atoms with Crippen molar-refractivity contribution in [3.8, 4) is 11.5 Å². The van der Waals surface area contributed by atoms with Gasteiger partial charge >= 0.3 is 5.97 Å². The maximum absolute atomic E-state index is 13.4. The lowest BCUT2D eigenvalue weighted by Crippen LogP contribution is -2.30. The van der Waals surface area contributed by atoms with Gasteiger partial charge in [0.05, 0.1) is 25.3 Å². The first kappa shape index (κ1) is 27.7. The van der Waals surface area contributed by atoms with Crippen LogP contribution in [-0.4, -0.2) is 60.3 Å². The molecule has 1 aliphatic rings. The first-order valence-corrected chi connectivity index (χ1v) is 12.7. The first-order chi connectivity index (χ1) is 17.7. The van der Waals surface area contributed by atoms with Crippen molar-refractivity contribution in [1.82, 2.24) is 10.2 Å². The van der Waals surface area contributed by atoms with Crippen molar-refractivity contribution in [2.45, 2.75) is 53.0 Å². The van der Waals surface area contributed by atoms with Gasteiger partial charge in [0.1, 0.15) is 22.9 Å². The highest BCUT2D eigenvalue weighted by Crippen LogP contribution is 2.32. The lowest BCUT2D eigenvalue weighted by Gasteiger charge is -2.19. The Bertz CT molecular complexity index is 1210. The van der Waals surface area contributed by atoms with Crippen LogP contribution in [0.4, 0.5) is 0 Å². The van der Waals surface area contributed by atoms with Crippen LogP contribution in [0.25, 0.3) is 0 Å². The van der Waals surface area contributed by atoms with E-state index in [1.54, 1.807) is 23.1 Å².